The molecule has 3 amide bonds. The Kier molecular flexibility index (Phi) is 4.65. The zero-order chi connectivity index (χ0) is 18.0. The van der Waals surface area contributed by atoms with Crippen molar-refractivity contribution in [2.75, 3.05) is 17.7 Å². The van der Waals surface area contributed by atoms with Gasteiger partial charge in [0.05, 0.1) is 0 Å². The highest BCUT2D eigenvalue weighted by Crippen LogP contribution is 2.49. The predicted octanol–water partition coefficient (Wildman–Crippen LogP) is 3.46. The molecule has 0 heterocycles. The summed E-state index contributed by atoms with van der Waals surface area (Å²) in [7, 11) is 1.50. The van der Waals surface area contributed by atoms with Crippen LogP contribution in [0.25, 0.3) is 0 Å². The fourth-order valence-electron chi connectivity index (χ4n) is 2.77. The normalized spacial score (nSPS) is 18.4. The van der Waals surface area contributed by atoms with Crippen LogP contribution in [0.3, 0.4) is 0 Å². The molecule has 2 aromatic carbocycles. The summed E-state index contributed by atoms with van der Waals surface area (Å²) < 4.78 is 27.6. The third-order valence-electron chi connectivity index (χ3n) is 4.11. The minimum Gasteiger partial charge on any atom is -0.341 e. The van der Waals surface area contributed by atoms with Gasteiger partial charge in [-0.25, -0.2) is 13.6 Å². The highest BCUT2D eigenvalue weighted by Gasteiger charge is 2.46. The van der Waals surface area contributed by atoms with Crippen LogP contribution in [0, 0.1) is 17.6 Å². The molecule has 0 aromatic heterocycles. The number of nitrogens with one attached hydrogen (secondary N) is 3. The van der Waals surface area contributed by atoms with Gasteiger partial charge in [0.15, 0.2) is 0 Å². The average Bonchev–Trinajstić information content (AvgIpc) is 3.35. The Morgan fingerprint density at radius 3 is 2.24 bits per heavy atom. The van der Waals surface area contributed by atoms with Crippen LogP contribution in [0.1, 0.15) is 17.9 Å². The van der Waals surface area contributed by atoms with Crippen LogP contribution in [0.5, 0.6) is 0 Å². The summed E-state index contributed by atoms with van der Waals surface area (Å²) in [5.74, 6) is -2.48. The number of hydrogen-bond acceptors (Lipinski definition) is 2. The standard InChI is InChI=1S/C18H17F2N3O2/c1-21-18(25)23-11-5-2-4-10(8-11)22-17(24)13-9-12(13)16-14(19)6-3-7-15(16)20/h2-8,12-13H,9H2,1H3,(H,22,24)(H2,21,23,25). The van der Waals surface area contributed by atoms with Crippen LogP contribution in [0.4, 0.5) is 25.0 Å². The predicted molar refractivity (Wildman–Crippen MR) is 90.4 cm³/mol. The molecule has 130 valence electrons. The smallest absolute Gasteiger partial charge is 0.318 e. The van der Waals surface area contributed by atoms with Gasteiger partial charge in [-0.3, -0.25) is 4.79 Å². The second-order valence-electron chi connectivity index (χ2n) is 5.86. The first-order valence-corrected chi connectivity index (χ1v) is 7.83. The Bertz CT molecular complexity index is 805. The Morgan fingerprint density at radius 2 is 1.60 bits per heavy atom. The van der Waals surface area contributed by atoms with Crippen LogP contribution in [-0.4, -0.2) is 19.0 Å². The van der Waals surface area contributed by atoms with Crippen LogP contribution in [-0.2, 0) is 4.79 Å². The van der Waals surface area contributed by atoms with E-state index in [2.05, 4.69) is 16.0 Å². The third kappa shape index (κ3) is 3.76. The Hall–Kier alpha value is -2.96. The zero-order valence-electron chi connectivity index (χ0n) is 13.5. The third-order valence-corrected chi connectivity index (χ3v) is 4.11. The van der Waals surface area contributed by atoms with E-state index < -0.39 is 23.5 Å². The largest absolute Gasteiger partial charge is 0.341 e. The lowest BCUT2D eigenvalue weighted by molar-refractivity contribution is -0.117. The fourth-order valence-corrected chi connectivity index (χ4v) is 2.77. The maximum absolute atomic E-state index is 13.8. The Labute approximate surface area is 143 Å². The topological polar surface area (TPSA) is 70.2 Å². The highest BCUT2D eigenvalue weighted by atomic mass is 19.1. The SMILES string of the molecule is CNC(=O)Nc1cccc(NC(=O)C2CC2c2c(F)cccc2F)c1. The van der Waals surface area contributed by atoms with E-state index in [1.165, 1.54) is 25.2 Å². The van der Waals surface area contributed by atoms with Crippen LogP contribution < -0.4 is 16.0 Å². The minimum absolute atomic E-state index is 0.0299. The molecule has 25 heavy (non-hydrogen) atoms. The molecule has 1 aliphatic rings. The summed E-state index contributed by atoms with van der Waals surface area (Å²) in [6, 6.07) is 9.96. The number of amides is 3. The number of hydrogen-bond donors (Lipinski definition) is 3. The van der Waals surface area contributed by atoms with Crippen molar-refractivity contribution in [2.45, 2.75) is 12.3 Å². The number of anilines is 2. The summed E-state index contributed by atoms with van der Waals surface area (Å²) in [6.45, 7) is 0. The van der Waals surface area contributed by atoms with Gasteiger partial charge in [-0.1, -0.05) is 12.1 Å². The van der Waals surface area contributed by atoms with Gasteiger partial charge >= 0.3 is 6.03 Å². The molecule has 0 bridgehead atoms. The van der Waals surface area contributed by atoms with Crippen molar-refractivity contribution in [3.63, 3.8) is 0 Å². The Balaban J connectivity index is 1.66. The van der Waals surface area contributed by atoms with E-state index in [-0.39, 0.29) is 17.5 Å². The van der Waals surface area contributed by atoms with Gasteiger partial charge in [0.25, 0.3) is 0 Å². The number of benzene rings is 2. The first-order valence-electron chi connectivity index (χ1n) is 7.83. The van der Waals surface area contributed by atoms with Crippen LogP contribution in [0.2, 0.25) is 0 Å². The van der Waals surface area contributed by atoms with Gasteiger partial charge in [0.1, 0.15) is 11.6 Å². The summed E-state index contributed by atoms with van der Waals surface area (Å²) in [5.41, 5.74) is 0.987. The van der Waals surface area contributed by atoms with E-state index >= 15 is 0 Å². The van der Waals surface area contributed by atoms with E-state index in [9.17, 15) is 18.4 Å². The van der Waals surface area contributed by atoms with Gasteiger partial charge < -0.3 is 16.0 Å². The molecule has 7 heteroatoms. The van der Waals surface area contributed by atoms with Crippen LogP contribution in [0.15, 0.2) is 42.5 Å². The highest BCUT2D eigenvalue weighted by molar-refractivity contribution is 5.96. The average molecular weight is 345 g/mol. The molecule has 5 nitrogen and oxygen atoms in total. The van der Waals surface area contributed by atoms with E-state index in [4.69, 9.17) is 0 Å². The monoisotopic (exact) mass is 345 g/mol. The second kappa shape index (κ2) is 6.88. The molecule has 3 N–H and O–H groups in total. The number of carbonyl (C=O) groups is 2. The lowest BCUT2D eigenvalue weighted by atomic mass is 10.1. The fraction of sp³-hybridized carbons (Fsp3) is 0.222. The van der Waals surface area contributed by atoms with E-state index in [0.29, 0.717) is 17.8 Å². The lowest BCUT2D eigenvalue weighted by Gasteiger charge is -2.09. The molecule has 2 atom stereocenters. The van der Waals surface area contributed by atoms with Crippen molar-refractivity contribution < 1.29 is 18.4 Å². The molecule has 2 aromatic rings. The van der Waals surface area contributed by atoms with Gasteiger partial charge in [0.2, 0.25) is 5.91 Å². The van der Waals surface area contributed by atoms with Crippen molar-refractivity contribution >= 4 is 23.3 Å². The summed E-state index contributed by atoms with van der Waals surface area (Å²) in [4.78, 5) is 23.6. The van der Waals surface area contributed by atoms with Gasteiger partial charge in [-0.2, -0.15) is 0 Å². The molecule has 1 fully saturated rings. The van der Waals surface area contributed by atoms with E-state index in [1.807, 2.05) is 0 Å². The number of rotatable bonds is 4. The molecule has 0 aliphatic heterocycles. The lowest BCUT2D eigenvalue weighted by Crippen LogP contribution is -2.24. The first-order chi connectivity index (χ1) is 12.0. The van der Waals surface area contributed by atoms with E-state index in [0.717, 1.165) is 0 Å². The number of urea groups is 1. The van der Waals surface area contributed by atoms with Crippen molar-refractivity contribution in [1.82, 2.24) is 5.32 Å². The summed E-state index contributed by atoms with van der Waals surface area (Å²) in [6.07, 6.45) is 0.403. The molecular weight excluding hydrogens is 328 g/mol. The molecule has 0 radical (unpaired) electrons. The van der Waals surface area contributed by atoms with Crippen molar-refractivity contribution in [1.29, 1.82) is 0 Å². The minimum atomic E-state index is -0.628. The quantitative estimate of drug-likeness (QED) is 0.794. The molecule has 1 saturated carbocycles. The number of halogens is 2. The molecule has 1 aliphatic carbocycles. The maximum Gasteiger partial charge on any atom is 0.318 e. The Morgan fingerprint density at radius 1 is 1.00 bits per heavy atom. The van der Waals surface area contributed by atoms with Crippen molar-refractivity contribution in [2.24, 2.45) is 5.92 Å². The molecule has 3 rings (SSSR count). The van der Waals surface area contributed by atoms with Gasteiger partial charge in [-0.15, -0.1) is 0 Å². The molecular formula is C18H17F2N3O2. The second-order valence-corrected chi connectivity index (χ2v) is 5.86. The van der Waals surface area contributed by atoms with Crippen LogP contribution >= 0.6 is 0 Å². The molecule has 2 unspecified atom stereocenters. The molecule has 0 saturated heterocycles. The first kappa shape index (κ1) is 16.9. The summed E-state index contributed by atoms with van der Waals surface area (Å²) in [5, 5.41) is 7.75. The van der Waals surface area contributed by atoms with Gasteiger partial charge in [0, 0.05) is 35.8 Å². The zero-order valence-corrected chi connectivity index (χ0v) is 13.5. The summed E-state index contributed by atoms with van der Waals surface area (Å²) >= 11 is 0. The maximum atomic E-state index is 13.8. The van der Waals surface area contributed by atoms with Crippen molar-refractivity contribution in [3.8, 4) is 0 Å². The van der Waals surface area contributed by atoms with Crippen molar-refractivity contribution in [3.05, 3.63) is 59.7 Å². The van der Waals surface area contributed by atoms with Gasteiger partial charge in [-0.05, 0) is 36.8 Å². The number of carbonyl (C=O) groups excluding carboxylic acids is 2. The van der Waals surface area contributed by atoms with E-state index in [1.54, 1.807) is 24.3 Å². The molecule has 0 spiro atoms.